The van der Waals surface area contributed by atoms with Gasteiger partial charge in [-0.1, -0.05) is 66.2 Å². The van der Waals surface area contributed by atoms with Crippen LogP contribution in [0.2, 0.25) is 5.02 Å². The van der Waals surface area contributed by atoms with E-state index in [0.717, 1.165) is 26.7 Å². The van der Waals surface area contributed by atoms with Crippen LogP contribution in [0.3, 0.4) is 0 Å². The van der Waals surface area contributed by atoms with Gasteiger partial charge in [0.1, 0.15) is 12.4 Å². The van der Waals surface area contributed by atoms with Crippen LogP contribution in [0, 0.1) is 13.8 Å². The van der Waals surface area contributed by atoms with Crippen LogP contribution in [0.25, 0.3) is 16.8 Å². The first-order chi connectivity index (χ1) is 30.4. The lowest BCUT2D eigenvalue weighted by molar-refractivity contribution is 0.0802. The number of sulfonamides is 1. The summed E-state index contributed by atoms with van der Waals surface area (Å²) in [6.07, 6.45) is 0.827. The molecular weight excluding hydrogens is 844 g/mol. The molecule has 6 rings (SSSR count). The largest absolute Gasteiger partial charge is 0.497 e. The van der Waals surface area contributed by atoms with E-state index in [4.69, 9.17) is 35.3 Å². The summed E-state index contributed by atoms with van der Waals surface area (Å²) < 4.78 is 58.6. The number of rotatable bonds is 20. The molecule has 0 aliphatic heterocycles. The minimum absolute atomic E-state index is 0.0627. The van der Waals surface area contributed by atoms with Gasteiger partial charge in [0.05, 0.1) is 60.5 Å². The van der Waals surface area contributed by atoms with E-state index in [0.29, 0.717) is 34.3 Å². The summed E-state index contributed by atoms with van der Waals surface area (Å²) in [6, 6.07) is 33.8. The number of halogens is 1. The second-order valence-electron chi connectivity index (χ2n) is 14.6. The van der Waals surface area contributed by atoms with Gasteiger partial charge in [0.25, 0.3) is 21.8 Å². The Balaban J connectivity index is 1.04. The molecular formula is C48H51ClN4O9S. The summed E-state index contributed by atoms with van der Waals surface area (Å²) in [4.78, 5) is 27.3. The zero-order chi connectivity index (χ0) is 45.1. The van der Waals surface area contributed by atoms with Crippen molar-refractivity contribution >= 4 is 33.4 Å². The third-order valence-electron chi connectivity index (χ3n) is 10.3. The normalized spacial score (nSPS) is 11.7. The lowest BCUT2D eigenvalue weighted by Gasteiger charge is -2.23. The molecule has 13 nitrogen and oxygen atoms in total. The molecule has 0 saturated carbocycles. The molecule has 1 aromatic heterocycles. The first-order valence-corrected chi connectivity index (χ1v) is 22.1. The lowest BCUT2D eigenvalue weighted by atomic mass is 10.0. The number of hydrogen-bond acceptors (Lipinski definition) is 10. The molecule has 1 unspecified atom stereocenters. The van der Waals surface area contributed by atoms with Crippen molar-refractivity contribution in [2.45, 2.75) is 44.6 Å². The van der Waals surface area contributed by atoms with Gasteiger partial charge in [0, 0.05) is 24.8 Å². The number of benzene rings is 5. The average molecular weight is 895 g/mol. The van der Waals surface area contributed by atoms with Gasteiger partial charge in [-0.25, -0.2) is 17.4 Å². The lowest BCUT2D eigenvalue weighted by Crippen LogP contribution is -2.38. The average Bonchev–Trinajstić information content (AvgIpc) is 3.56. The maximum absolute atomic E-state index is 13.9. The number of carbonyl (C=O) groups excluding carboxylic acids is 2. The third kappa shape index (κ3) is 11.0. The summed E-state index contributed by atoms with van der Waals surface area (Å²) in [5.41, 5.74) is 5.88. The fraction of sp³-hybridized carbons (Fsp3) is 0.271. The predicted octanol–water partition coefficient (Wildman–Crippen LogP) is 8.51. The van der Waals surface area contributed by atoms with E-state index in [1.54, 1.807) is 48.0 Å². The molecule has 0 bridgehead atoms. The maximum Gasteiger partial charge on any atom is 0.267 e. The van der Waals surface area contributed by atoms with Crippen LogP contribution in [0.5, 0.6) is 23.0 Å². The molecule has 0 fully saturated rings. The van der Waals surface area contributed by atoms with Gasteiger partial charge in [-0.2, -0.15) is 5.10 Å². The highest BCUT2D eigenvalue weighted by Crippen LogP contribution is 2.40. The molecule has 1 N–H and O–H groups in total. The van der Waals surface area contributed by atoms with Gasteiger partial charge in [-0.05, 0) is 111 Å². The number of nitrogens with zero attached hydrogens (tertiary/aromatic N) is 3. The Kier molecular flexibility index (Phi) is 15.5. The molecule has 0 saturated heterocycles. The second kappa shape index (κ2) is 21.1. The highest BCUT2D eigenvalue weighted by molar-refractivity contribution is 7.89. The summed E-state index contributed by atoms with van der Waals surface area (Å²) in [6.45, 7) is 5.78. The van der Waals surface area contributed by atoms with Gasteiger partial charge in [0.2, 0.25) is 5.75 Å². The Bertz CT molecular complexity index is 2600. The van der Waals surface area contributed by atoms with Crippen molar-refractivity contribution in [1.29, 1.82) is 0 Å². The van der Waals surface area contributed by atoms with E-state index < -0.39 is 15.9 Å². The van der Waals surface area contributed by atoms with Crippen molar-refractivity contribution in [3.63, 3.8) is 0 Å². The van der Waals surface area contributed by atoms with Crippen LogP contribution in [0.4, 0.5) is 0 Å². The number of amides is 2. The Morgan fingerprint density at radius 2 is 1.44 bits per heavy atom. The number of ether oxygens (including phenoxy) is 5. The number of methoxy groups -OCH3 is 3. The number of hydrogen-bond donors (Lipinski definition) is 1. The molecule has 330 valence electrons. The van der Waals surface area contributed by atoms with Gasteiger partial charge in [-0.3, -0.25) is 9.59 Å². The van der Waals surface area contributed by atoms with Gasteiger partial charge < -0.3 is 29.0 Å². The Hall–Kier alpha value is -6.35. The Labute approximate surface area is 373 Å². The Morgan fingerprint density at radius 3 is 2.06 bits per heavy atom. The molecule has 1 atom stereocenters. The van der Waals surface area contributed by atoms with Crippen LogP contribution in [0.1, 0.15) is 51.0 Å². The zero-order valence-electron chi connectivity index (χ0n) is 36.1. The number of aromatic nitrogens is 2. The van der Waals surface area contributed by atoms with Crippen LogP contribution < -0.4 is 24.3 Å². The zero-order valence-corrected chi connectivity index (χ0v) is 37.7. The smallest absolute Gasteiger partial charge is 0.267 e. The van der Waals surface area contributed by atoms with Crippen molar-refractivity contribution in [2.24, 2.45) is 0 Å². The van der Waals surface area contributed by atoms with E-state index in [-0.39, 0.29) is 72.3 Å². The van der Waals surface area contributed by atoms with Crippen molar-refractivity contribution in [3.8, 4) is 39.8 Å². The SMILES string of the molecule is COc1ccc(S(=O)(=O)N(CCCOCCOc2ccc(C(=O)NC(C)Cc3ccc(-c4ccccc4)cc3)c(OC)c2OC)C(=O)c2ccc(-n3nc(C)c(Cl)c3C)cc2)cc1. The first kappa shape index (κ1) is 46.2. The fourth-order valence-electron chi connectivity index (χ4n) is 7.00. The Morgan fingerprint density at radius 1 is 0.778 bits per heavy atom. The minimum atomic E-state index is -4.28. The molecule has 6 aromatic rings. The van der Waals surface area contributed by atoms with Gasteiger partial charge >= 0.3 is 0 Å². The summed E-state index contributed by atoms with van der Waals surface area (Å²) in [5, 5.41) is 8.06. The van der Waals surface area contributed by atoms with Crippen LogP contribution >= 0.6 is 11.6 Å². The molecule has 0 spiro atoms. The van der Waals surface area contributed by atoms with Crippen molar-refractivity contribution in [2.75, 3.05) is 47.7 Å². The first-order valence-electron chi connectivity index (χ1n) is 20.3. The summed E-state index contributed by atoms with van der Waals surface area (Å²) in [5.74, 6) is 0.267. The van der Waals surface area contributed by atoms with Crippen molar-refractivity contribution in [1.82, 2.24) is 19.4 Å². The van der Waals surface area contributed by atoms with Crippen LogP contribution in [-0.4, -0.2) is 88.1 Å². The van der Waals surface area contributed by atoms with Gasteiger partial charge in [0.15, 0.2) is 11.5 Å². The van der Waals surface area contributed by atoms with E-state index in [9.17, 15) is 18.0 Å². The molecule has 63 heavy (non-hydrogen) atoms. The van der Waals surface area contributed by atoms with Crippen molar-refractivity contribution < 1.29 is 41.7 Å². The summed E-state index contributed by atoms with van der Waals surface area (Å²) >= 11 is 6.34. The number of carbonyl (C=O) groups is 2. The molecule has 0 aliphatic carbocycles. The topological polar surface area (TPSA) is 148 Å². The molecule has 0 radical (unpaired) electrons. The molecule has 5 aromatic carbocycles. The number of nitrogens with one attached hydrogen (secondary N) is 1. The highest BCUT2D eigenvalue weighted by atomic mass is 35.5. The summed E-state index contributed by atoms with van der Waals surface area (Å²) in [7, 11) is 0.122. The van der Waals surface area contributed by atoms with Gasteiger partial charge in [-0.15, -0.1) is 0 Å². The molecule has 1 heterocycles. The maximum atomic E-state index is 13.9. The van der Waals surface area contributed by atoms with E-state index >= 15 is 0 Å². The van der Waals surface area contributed by atoms with E-state index in [1.165, 1.54) is 45.6 Å². The predicted molar refractivity (Wildman–Crippen MR) is 242 cm³/mol. The van der Waals surface area contributed by atoms with Crippen LogP contribution in [-0.2, 0) is 21.2 Å². The molecule has 15 heteroatoms. The molecule has 0 aliphatic rings. The quantitative estimate of drug-likeness (QED) is 0.0740. The highest BCUT2D eigenvalue weighted by Gasteiger charge is 2.30. The van der Waals surface area contributed by atoms with Crippen LogP contribution in [0.15, 0.2) is 120 Å². The number of aryl methyl sites for hydroxylation is 1. The minimum Gasteiger partial charge on any atom is -0.497 e. The third-order valence-corrected chi connectivity index (χ3v) is 12.6. The second-order valence-corrected chi connectivity index (χ2v) is 16.9. The fourth-order valence-corrected chi connectivity index (χ4v) is 8.54. The van der Waals surface area contributed by atoms with E-state index in [1.807, 2.05) is 32.0 Å². The van der Waals surface area contributed by atoms with Crippen molar-refractivity contribution in [3.05, 3.63) is 148 Å². The standard InChI is InChI=1S/C48H51ClN4O9S/c1-32(31-35-13-15-37(16-14-35)36-11-8-7-9-12-36)50-47(54)42-25-26-43(46(60-6)45(42)59-5)62-30-29-61-28-10-27-52(63(56,57)41-23-21-40(58-4)22-24-41)48(55)38-17-19-39(20-18-38)53-34(3)44(49)33(2)51-53/h7-9,11-26,32H,10,27-31H2,1-6H3,(H,50,54). The monoisotopic (exact) mass is 894 g/mol. The molecule has 2 amide bonds. The van der Waals surface area contributed by atoms with E-state index in [2.05, 4.69) is 46.8 Å².